The Morgan fingerprint density at radius 3 is 2.36 bits per heavy atom. The van der Waals surface area contributed by atoms with Crippen LogP contribution >= 0.6 is 7.95 Å². The number of carbonyl (C=O) groups excluding carboxylic acids is 1. The zero-order valence-electron chi connectivity index (χ0n) is 23.4. The van der Waals surface area contributed by atoms with Crippen LogP contribution in [0.15, 0.2) is 0 Å². The molecular formula is C30H51NO4P+. The molecule has 4 aliphatic carbocycles. The predicted octanol–water partition coefficient (Wildman–Crippen LogP) is 7.46. The van der Waals surface area contributed by atoms with Crippen LogP contribution < -0.4 is 5.09 Å². The standard InChI is InChI=1S/C30H50NO4P/c1-19(2)7-6-8-20(3)24-11-12-25-23-10-9-21-17-22(36(35)31-27(18-32)28(33)34)13-15-29(21,4)26(23)14-16-30(24,25)5/h18-27H,6-17H2,1-5H3,(H-,31,33,34,35)/p+1/t20-,21?,22?,23?,24-,25?,26?,27+,29+,30-/m1/s1. The van der Waals surface area contributed by atoms with Gasteiger partial charge >= 0.3 is 13.9 Å². The molecule has 0 radical (unpaired) electrons. The van der Waals surface area contributed by atoms with E-state index < -0.39 is 20.0 Å². The molecule has 0 aromatic carbocycles. The molecule has 0 amide bonds. The fourth-order valence-corrected chi connectivity index (χ4v) is 11.3. The summed E-state index contributed by atoms with van der Waals surface area (Å²) in [6.45, 7) is 12.4. The van der Waals surface area contributed by atoms with E-state index in [1.165, 1.54) is 57.8 Å². The maximum atomic E-state index is 13.0. The maximum Gasteiger partial charge on any atom is 0.436 e. The molecular weight excluding hydrogens is 469 g/mol. The molecule has 0 aromatic heterocycles. The second kappa shape index (κ2) is 11.1. The van der Waals surface area contributed by atoms with E-state index in [4.69, 9.17) is 5.11 Å². The van der Waals surface area contributed by atoms with Crippen molar-refractivity contribution in [1.82, 2.24) is 5.09 Å². The summed E-state index contributed by atoms with van der Waals surface area (Å²) in [5.41, 5.74) is 0.800. The first-order chi connectivity index (χ1) is 17.0. The molecule has 0 bridgehead atoms. The van der Waals surface area contributed by atoms with Crippen molar-refractivity contribution in [3.05, 3.63) is 0 Å². The van der Waals surface area contributed by atoms with E-state index >= 15 is 0 Å². The highest BCUT2D eigenvalue weighted by molar-refractivity contribution is 7.43. The number of carboxylic acid groups (broad SMARTS) is 1. The summed E-state index contributed by atoms with van der Waals surface area (Å²) in [7, 11) is -1.90. The summed E-state index contributed by atoms with van der Waals surface area (Å²) in [5.74, 6) is 4.33. The van der Waals surface area contributed by atoms with Crippen LogP contribution in [0.1, 0.15) is 112 Å². The minimum absolute atomic E-state index is 0.0205. The Hall–Kier alpha value is -0.800. The van der Waals surface area contributed by atoms with Crippen molar-refractivity contribution in [2.75, 3.05) is 0 Å². The SMILES string of the molecule is CC(C)CCC[C@@H](C)[C@H]1CCC2C3CCC4CC([P+](=O)N[C@@H](C=O)C(=O)O)CC[C@]4(C)C3CC[C@@]21C. The lowest BCUT2D eigenvalue weighted by molar-refractivity contribution is -0.140. The van der Waals surface area contributed by atoms with Crippen molar-refractivity contribution in [2.45, 2.75) is 123 Å². The zero-order chi connectivity index (χ0) is 26.3. The number of aliphatic carboxylic acids is 1. The van der Waals surface area contributed by atoms with Gasteiger partial charge in [-0.1, -0.05) is 63.5 Å². The van der Waals surface area contributed by atoms with Crippen LogP contribution in [0.4, 0.5) is 0 Å². The summed E-state index contributed by atoms with van der Waals surface area (Å²) in [4.78, 5) is 22.3. The van der Waals surface area contributed by atoms with Gasteiger partial charge < -0.3 is 9.90 Å². The first-order valence-corrected chi connectivity index (χ1v) is 16.2. The summed E-state index contributed by atoms with van der Waals surface area (Å²) < 4.78 is 13.0. The third-order valence-corrected chi connectivity index (χ3v) is 13.5. The summed E-state index contributed by atoms with van der Waals surface area (Å²) in [6, 6.07) is -1.36. The fraction of sp³-hybridized carbons (Fsp3) is 0.933. The van der Waals surface area contributed by atoms with Gasteiger partial charge in [0.15, 0.2) is 11.9 Å². The topological polar surface area (TPSA) is 83.5 Å². The quantitative estimate of drug-likeness (QED) is 0.177. The molecule has 0 aromatic rings. The number of nitrogens with one attached hydrogen (secondary N) is 1. The Bertz CT molecular complexity index is 832. The molecule has 0 heterocycles. The molecule has 4 saturated carbocycles. The third kappa shape index (κ3) is 5.22. The number of carbonyl (C=O) groups is 2. The van der Waals surface area contributed by atoms with Crippen LogP contribution in [-0.4, -0.2) is 29.1 Å². The van der Waals surface area contributed by atoms with E-state index in [1.807, 2.05) is 0 Å². The summed E-state index contributed by atoms with van der Waals surface area (Å²) >= 11 is 0. The average molecular weight is 521 g/mol. The van der Waals surface area contributed by atoms with E-state index in [1.54, 1.807) is 0 Å². The Morgan fingerprint density at radius 1 is 1.00 bits per heavy atom. The van der Waals surface area contributed by atoms with Gasteiger partial charge in [0, 0.05) is 0 Å². The molecule has 0 aliphatic heterocycles. The molecule has 0 spiro atoms. The molecule has 4 aliphatic rings. The van der Waals surface area contributed by atoms with E-state index in [2.05, 4.69) is 39.7 Å². The van der Waals surface area contributed by atoms with Crippen LogP contribution in [0, 0.1) is 52.3 Å². The molecule has 6 heteroatoms. The predicted molar refractivity (Wildman–Crippen MR) is 145 cm³/mol. The van der Waals surface area contributed by atoms with Gasteiger partial charge in [-0.25, -0.2) is 4.79 Å². The Kier molecular flexibility index (Phi) is 8.72. The minimum atomic E-state index is -1.90. The molecule has 36 heavy (non-hydrogen) atoms. The molecule has 5 nitrogen and oxygen atoms in total. The van der Waals surface area contributed by atoms with Crippen LogP contribution in [-0.2, 0) is 14.2 Å². The molecule has 204 valence electrons. The Balaban J connectivity index is 1.40. The number of fused-ring (bicyclic) bond motifs is 5. The molecule has 2 N–H and O–H groups in total. The van der Waals surface area contributed by atoms with Gasteiger partial charge in [-0.05, 0) is 110 Å². The smallest absolute Gasteiger partial charge is 0.436 e. The van der Waals surface area contributed by atoms with Crippen LogP contribution in [0.2, 0.25) is 0 Å². The van der Waals surface area contributed by atoms with Crippen LogP contribution in [0.3, 0.4) is 0 Å². The Labute approximate surface area is 220 Å². The van der Waals surface area contributed by atoms with Crippen molar-refractivity contribution in [3.8, 4) is 0 Å². The monoisotopic (exact) mass is 520 g/mol. The highest BCUT2D eigenvalue weighted by atomic mass is 31.1. The number of carboxylic acids is 1. The van der Waals surface area contributed by atoms with Crippen molar-refractivity contribution in [2.24, 2.45) is 52.3 Å². The van der Waals surface area contributed by atoms with E-state index in [9.17, 15) is 14.2 Å². The summed E-state index contributed by atoms with van der Waals surface area (Å²) in [6.07, 6.45) is 15.4. The molecule has 11 atom stereocenters. The van der Waals surface area contributed by atoms with Gasteiger partial charge in [0.05, 0.1) is 0 Å². The first-order valence-electron chi connectivity index (χ1n) is 14.9. The van der Waals surface area contributed by atoms with E-state index in [0.717, 1.165) is 54.8 Å². The van der Waals surface area contributed by atoms with E-state index in [0.29, 0.717) is 23.0 Å². The number of hydrogen-bond acceptors (Lipinski definition) is 3. The largest absolute Gasteiger partial charge is 0.480 e. The highest BCUT2D eigenvalue weighted by Gasteiger charge is 2.61. The average Bonchev–Trinajstić information content (AvgIpc) is 3.18. The number of rotatable bonds is 10. The number of hydrogen-bond donors (Lipinski definition) is 2. The van der Waals surface area contributed by atoms with Gasteiger partial charge in [-0.3, -0.25) is 0 Å². The first kappa shape index (κ1) is 28.2. The van der Waals surface area contributed by atoms with Crippen LogP contribution in [0.5, 0.6) is 0 Å². The second-order valence-corrected chi connectivity index (χ2v) is 15.7. The van der Waals surface area contributed by atoms with Gasteiger partial charge in [-0.2, -0.15) is 0 Å². The van der Waals surface area contributed by atoms with Crippen molar-refractivity contribution < 1.29 is 19.3 Å². The van der Waals surface area contributed by atoms with Crippen LogP contribution in [0.25, 0.3) is 0 Å². The lowest BCUT2D eigenvalue weighted by Gasteiger charge is -2.61. The molecule has 4 rings (SSSR count). The normalized spacial score (nSPS) is 42.1. The minimum Gasteiger partial charge on any atom is -0.480 e. The van der Waals surface area contributed by atoms with E-state index in [-0.39, 0.29) is 5.66 Å². The maximum absolute atomic E-state index is 13.0. The Morgan fingerprint density at radius 2 is 1.69 bits per heavy atom. The molecule has 6 unspecified atom stereocenters. The van der Waals surface area contributed by atoms with Gasteiger partial charge in [0.2, 0.25) is 6.04 Å². The molecule has 0 saturated heterocycles. The lowest BCUT2D eigenvalue weighted by atomic mass is 9.44. The van der Waals surface area contributed by atoms with Crippen molar-refractivity contribution >= 4 is 20.2 Å². The second-order valence-electron chi connectivity index (χ2n) is 14.0. The molecule has 4 fully saturated rings. The van der Waals surface area contributed by atoms with Crippen molar-refractivity contribution in [3.63, 3.8) is 0 Å². The number of aldehydes is 1. The van der Waals surface area contributed by atoms with Gasteiger partial charge in [-0.15, -0.1) is 0 Å². The highest BCUT2D eigenvalue weighted by Crippen LogP contribution is 2.69. The third-order valence-electron chi connectivity index (χ3n) is 11.8. The zero-order valence-corrected chi connectivity index (χ0v) is 24.3. The fourth-order valence-electron chi connectivity index (χ4n) is 9.86. The van der Waals surface area contributed by atoms with Crippen molar-refractivity contribution in [1.29, 1.82) is 0 Å². The summed E-state index contributed by atoms with van der Waals surface area (Å²) in [5, 5.41) is 11.8. The van der Waals surface area contributed by atoms with Gasteiger partial charge in [0.1, 0.15) is 0 Å². The van der Waals surface area contributed by atoms with Gasteiger partial charge in [0.25, 0.3) is 0 Å². The lowest BCUT2D eigenvalue weighted by Crippen LogP contribution is -2.54.